The maximum atomic E-state index is 11.7. The standard InChI is InChI=1S/C14H17N3O3/c1-19-8-3-7-15-11-5-6-13(16-10-11)17-14(18)12-4-2-9-20-12/h2,4-6,9-10,15H,3,7-8H2,1H3,(H,16,17,18). The minimum absolute atomic E-state index is 0.258. The van der Waals surface area contributed by atoms with Crippen molar-refractivity contribution in [1.82, 2.24) is 4.98 Å². The predicted octanol–water partition coefficient (Wildman–Crippen LogP) is 2.38. The number of nitrogens with one attached hydrogen (secondary N) is 2. The molecule has 0 aliphatic rings. The normalized spacial score (nSPS) is 10.2. The van der Waals surface area contributed by atoms with Gasteiger partial charge in [-0.2, -0.15) is 0 Å². The van der Waals surface area contributed by atoms with Gasteiger partial charge in [0.15, 0.2) is 5.76 Å². The van der Waals surface area contributed by atoms with Gasteiger partial charge < -0.3 is 19.8 Å². The Balaban J connectivity index is 1.83. The third kappa shape index (κ3) is 4.10. The SMILES string of the molecule is COCCCNc1ccc(NC(=O)c2ccco2)nc1. The van der Waals surface area contributed by atoms with Crippen LogP contribution in [0.1, 0.15) is 17.0 Å². The van der Waals surface area contributed by atoms with Crippen LogP contribution in [-0.2, 0) is 4.74 Å². The fourth-order valence-electron chi connectivity index (χ4n) is 1.61. The minimum Gasteiger partial charge on any atom is -0.459 e. The van der Waals surface area contributed by atoms with Crippen LogP contribution in [0.5, 0.6) is 0 Å². The monoisotopic (exact) mass is 275 g/mol. The Morgan fingerprint density at radius 2 is 2.30 bits per heavy atom. The fourth-order valence-corrected chi connectivity index (χ4v) is 1.61. The van der Waals surface area contributed by atoms with E-state index in [1.54, 1.807) is 31.5 Å². The van der Waals surface area contributed by atoms with E-state index in [0.29, 0.717) is 5.82 Å². The van der Waals surface area contributed by atoms with Crippen molar-refractivity contribution in [3.05, 3.63) is 42.5 Å². The topological polar surface area (TPSA) is 76.4 Å². The number of hydrogen-bond acceptors (Lipinski definition) is 5. The van der Waals surface area contributed by atoms with Gasteiger partial charge in [-0.3, -0.25) is 4.79 Å². The lowest BCUT2D eigenvalue weighted by atomic mass is 10.3. The van der Waals surface area contributed by atoms with Crippen molar-refractivity contribution in [2.45, 2.75) is 6.42 Å². The molecule has 0 aliphatic heterocycles. The molecule has 0 bridgehead atoms. The van der Waals surface area contributed by atoms with Crippen LogP contribution in [0.15, 0.2) is 41.1 Å². The van der Waals surface area contributed by atoms with Crippen LogP contribution in [0, 0.1) is 0 Å². The summed E-state index contributed by atoms with van der Waals surface area (Å²) in [4.78, 5) is 15.9. The predicted molar refractivity (Wildman–Crippen MR) is 75.9 cm³/mol. The maximum absolute atomic E-state index is 11.7. The van der Waals surface area contributed by atoms with E-state index in [4.69, 9.17) is 9.15 Å². The molecule has 0 atom stereocenters. The van der Waals surface area contributed by atoms with Crippen LogP contribution < -0.4 is 10.6 Å². The highest BCUT2D eigenvalue weighted by atomic mass is 16.5. The zero-order chi connectivity index (χ0) is 14.2. The molecule has 0 spiro atoms. The lowest BCUT2D eigenvalue weighted by Gasteiger charge is -2.07. The van der Waals surface area contributed by atoms with Crippen molar-refractivity contribution in [3.63, 3.8) is 0 Å². The number of rotatable bonds is 7. The molecule has 0 unspecified atom stereocenters. The van der Waals surface area contributed by atoms with Gasteiger partial charge in [-0.1, -0.05) is 0 Å². The molecular weight excluding hydrogens is 258 g/mol. The summed E-state index contributed by atoms with van der Waals surface area (Å²) < 4.78 is 9.97. The van der Waals surface area contributed by atoms with Gasteiger partial charge in [0.2, 0.25) is 0 Å². The molecule has 2 rings (SSSR count). The summed E-state index contributed by atoms with van der Waals surface area (Å²) in [6, 6.07) is 6.85. The zero-order valence-electron chi connectivity index (χ0n) is 11.3. The average Bonchev–Trinajstić information content (AvgIpc) is 3.00. The Bertz CT molecular complexity index is 523. The zero-order valence-corrected chi connectivity index (χ0v) is 11.3. The van der Waals surface area contributed by atoms with Crippen LogP contribution >= 0.6 is 0 Å². The molecule has 0 aromatic carbocycles. The first-order chi connectivity index (χ1) is 9.79. The molecule has 0 aliphatic carbocycles. The van der Waals surface area contributed by atoms with E-state index in [2.05, 4.69) is 15.6 Å². The number of hydrogen-bond donors (Lipinski definition) is 2. The lowest BCUT2D eigenvalue weighted by Crippen LogP contribution is -2.12. The van der Waals surface area contributed by atoms with Gasteiger partial charge in [0.25, 0.3) is 5.91 Å². The molecule has 20 heavy (non-hydrogen) atoms. The molecular formula is C14H17N3O3. The molecule has 0 fully saturated rings. The van der Waals surface area contributed by atoms with Crippen molar-refractivity contribution in [1.29, 1.82) is 0 Å². The highest BCUT2D eigenvalue weighted by Crippen LogP contribution is 2.11. The van der Waals surface area contributed by atoms with Gasteiger partial charge in [-0.25, -0.2) is 4.98 Å². The third-order valence-corrected chi connectivity index (χ3v) is 2.60. The number of furan rings is 1. The largest absolute Gasteiger partial charge is 0.459 e. The lowest BCUT2D eigenvalue weighted by molar-refractivity contribution is 0.0996. The van der Waals surface area contributed by atoms with Crippen molar-refractivity contribution < 1.29 is 13.9 Å². The van der Waals surface area contributed by atoms with Crippen LogP contribution in [0.2, 0.25) is 0 Å². The summed E-state index contributed by atoms with van der Waals surface area (Å²) in [6.45, 7) is 1.53. The summed E-state index contributed by atoms with van der Waals surface area (Å²) in [5.41, 5.74) is 0.900. The number of anilines is 2. The first-order valence-electron chi connectivity index (χ1n) is 6.33. The molecule has 6 nitrogen and oxygen atoms in total. The van der Waals surface area contributed by atoms with E-state index in [1.807, 2.05) is 6.07 Å². The van der Waals surface area contributed by atoms with E-state index >= 15 is 0 Å². The van der Waals surface area contributed by atoms with Gasteiger partial charge in [0.05, 0.1) is 18.1 Å². The number of carbonyl (C=O) groups excluding carboxylic acids is 1. The molecule has 2 aromatic heterocycles. The third-order valence-electron chi connectivity index (χ3n) is 2.60. The first kappa shape index (κ1) is 14.1. The van der Waals surface area contributed by atoms with Gasteiger partial charge in [0, 0.05) is 20.3 Å². The highest BCUT2D eigenvalue weighted by Gasteiger charge is 2.08. The van der Waals surface area contributed by atoms with Crippen LogP contribution in [0.3, 0.4) is 0 Å². The van der Waals surface area contributed by atoms with Crippen LogP contribution in [-0.4, -0.2) is 31.2 Å². The van der Waals surface area contributed by atoms with E-state index in [0.717, 1.165) is 25.3 Å². The second-order valence-electron chi connectivity index (χ2n) is 4.14. The number of ether oxygens (including phenoxy) is 1. The molecule has 1 amide bonds. The van der Waals surface area contributed by atoms with E-state index in [1.165, 1.54) is 6.26 Å². The molecule has 6 heteroatoms. The minimum atomic E-state index is -0.316. The Hall–Kier alpha value is -2.34. The summed E-state index contributed by atoms with van der Waals surface area (Å²) in [6.07, 6.45) is 4.05. The quantitative estimate of drug-likeness (QED) is 0.759. The van der Waals surface area contributed by atoms with Gasteiger partial charge in [-0.05, 0) is 30.7 Å². The highest BCUT2D eigenvalue weighted by molar-refractivity contribution is 6.01. The molecule has 2 aromatic rings. The Kier molecular flexibility index (Phi) is 5.14. The maximum Gasteiger partial charge on any atom is 0.292 e. The van der Waals surface area contributed by atoms with E-state index < -0.39 is 0 Å². The Labute approximate surface area is 117 Å². The van der Waals surface area contributed by atoms with E-state index in [-0.39, 0.29) is 11.7 Å². The first-order valence-corrected chi connectivity index (χ1v) is 6.33. The van der Waals surface area contributed by atoms with E-state index in [9.17, 15) is 4.79 Å². The number of nitrogens with zero attached hydrogens (tertiary/aromatic N) is 1. The van der Waals surface area contributed by atoms with Crippen molar-refractivity contribution in [3.8, 4) is 0 Å². The number of amides is 1. The van der Waals surface area contributed by atoms with Gasteiger partial charge in [-0.15, -0.1) is 0 Å². The molecule has 0 saturated carbocycles. The summed E-state index contributed by atoms with van der Waals surface area (Å²) >= 11 is 0. The van der Waals surface area contributed by atoms with Crippen LogP contribution in [0.4, 0.5) is 11.5 Å². The number of pyridine rings is 1. The van der Waals surface area contributed by atoms with Gasteiger partial charge >= 0.3 is 0 Å². The fraction of sp³-hybridized carbons (Fsp3) is 0.286. The summed E-state index contributed by atoms with van der Waals surface area (Å²) in [5.74, 6) is 0.422. The second kappa shape index (κ2) is 7.30. The smallest absolute Gasteiger partial charge is 0.292 e. The summed E-state index contributed by atoms with van der Waals surface area (Å²) in [7, 11) is 1.68. The summed E-state index contributed by atoms with van der Waals surface area (Å²) in [5, 5.41) is 5.87. The molecule has 0 radical (unpaired) electrons. The number of aromatic nitrogens is 1. The molecule has 106 valence electrons. The Morgan fingerprint density at radius 1 is 1.40 bits per heavy atom. The molecule has 2 heterocycles. The average molecular weight is 275 g/mol. The van der Waals surface area contributed by atoms with Crippen molar-refractivity contribution >= 4 is 17.4 Å². The molecule has 0 saturated heterocycles. The van der Waals surface area contributed by atoms with Crippen LogP contribution in [0.25, 0.3) is 0 Å². The number of methoxy groups -OCH3 is 1. The second-order valence-corrected chi connectivity index (χ2v) is 4.14. The Morgan fingerprint density at radius 3 is 2.95 bits per heavy atom. The number of carbonyl (C=O) groups is 1. The van der Waals surface area contributed by atoms with Crippen molar-refractivity contribution in [2.75, 3.05) is 30.9 Å². The van der Waals surface area contributed by atoms with Crippen molar-refractivity contribution in [2.24, 2.45) is 0 Å². The molecule has 2 N–H and O–H groups in total. The van der Waals surface area contributed by atoms with Gasteiger partial charge in [0.1, 0.15) is 5.82 Å².